The van der Waals surface area contributed by atoms with E-state index in [0.29, 0.717) is 21.8 Å². The quantitative estimate of drug-likeness (QED) is 0.352. The number of aryl methyl sites for hydroxylation is 1. The average Bonchev–Trinajstić information content (AvgIpc) is 2.50. The van der Waals surface area contributed by atoms with E-state index < -0.39 is 0 Å². The zero-order valence-electron chi connectivity index (χ0n) is 11.3. The number of amides is 1. The summed E-state index contributed by atoms with van der Waals surface area (Å²) < 4.78 is 0. The van der Waals surface area contributed by atoms with Gasteiger partial charge in [0.25, 0.3) is 5.91 Å². The van der Waals surface area contributed by atoms with Gasteiger partial charge in [0.2, 0.25) is 0 Å². The van der Waals surface area contributed by atoms with Gasteiger partial charge in [-0.1, -0.05) is 35.0 Å². The molecule has 2 aromatic carbocycles. The van der Waals surface area contributed by atoms with Gasteiger partial charge in [-0.2, -0.15) is 0 Å². The van der Waals surface area contributed by atoms with Crippen molar-refractivity contribution in [3.63, 3.8) is 0 Å². The number of rotatable bonds is 3. The summed E-state index contributed by atoms with van der Waals surface area (Å²) in [5.74, 6) is -0.350. The van der Waals surface area contributed by atoms with Crippen LogP contribution in [-0.2, 0) is 0 Å². The van der Waals surface area contributed by atoms with Crippen molar-refractivity contribution >= 4 is 29.0 Å². The number of halogens is 1. The van der Waals surface area contributed by atoms with E-state index in [1.165, 1.54) is 0 Å². The molecule has 0 saturated heterocycles. The lowest BCUT2D eigenvalue weighted by Crippen LogP contribution is -2.16. The smallest absolute Gasteiger partial charge is 0.255 e. The van der Waals surface area contributed by atoms with E-state index in [2.05, 4.69) is 10.5 Å². The van der Waals surface area contributed by atoms with Crippen LogP contribution in [0.4, 0.5) is 5.69 Å². The maximum Gasteiger partial charge on any atom is 0.255 e. The molecular weight excluding hydrogens is 290 g/mol. The molecule has 0 radical (unpaired) electrons. The predicted molar refractivity (Wildman–Crippen MR) is 83.1 cm³/mol. The number of benzene rings is 2. The van der Waals surface area contributed by atoms with Gasteiger partial charge in [0.1, 0.15) is 0 Å². The molecule has 0 aliphatic carbocycles. The van der Waals surface area contributed by atoms with Crippen LogP contribution in [0.5, 0.6) is 0 Å². The minimum atomic E-state index is -0.298. The summed E-state index contributed by atoms with van der Waals surface area (Å²) in [5, 5.41) is 14.9. The normalized spacial score (nSPS) is 11.2. The summed E-state index contributed by atoms with van der Waals surface area (Å²) in [6.45, 7) is 1.87. The number of nitrogens with zero attached hydrogens (tertiary/aromatic N) is 1. The summed E-state index contributed by atoms with van der Waals surface area (Å²) >= 11 is 5.92. The van der Waals surface area contributed by atoms with Gasteiger partial charge in [0, 0.05) is 21.8 Å². The van der Waals surface area contributed by atoms with E-state index in [4.69, 9.17) is 22.5 Å². The maximum atomic E-state index is 12.2. The van der Waals surface area contributed by atoms with Crippen LogP contribution < -0.4 is 11.1 Å². The van der Waals surface area contributed by atoms with Crippen molar-refractivity contribution in [1.82, 2.24) is 0 Å². The number of carbonyl (C=O) groups is 1. The van der Waals surface area contributed by atoms with Crippen LogP contribution in [0.25, 0.3) is 0 Å². The number of nitrogens with one attached hydrogen (secondary N) is 1. The minimum absolute atomic E-state index is 0.0522. The highest BCUT2D eigenvalue weighted by atomic mass is 35.5. The van der Waals surface area contributed by atoms with Gasteiger partial charge >= 0.3 is 0 Å². The van der Waals surface area contributed by atoms with E-state index in [1.54, 1.807) is 36.4 Å². The summed E-state index contributed by atoms with van der Waals surface area (Å²) in [7, 11) is 0. The second-order valence-corrected chi connectivity index (χ2v) is 4.92. The Labute approximate surface area is 127 Å². The fourth-order valence-electron chi connectivity index (χ4n) is 1.80. The molecule has 2 aromatic rings. The molecule has 21 heavy (non-hydrogen) atoms. The van der Waals surface area contributed by atoms with Gasteiger partial charge in [-0.25, -0.2) is 0 Å². The van der Waals surface area contributed by atoms with Gasteiger partial charge in [0.05, 0.1) is 0 Å². The number of anilines is 1. The van der Waals surface area contributed by atoms with Crippen molar-refractivity contribution in [2.24, 2.45) is 10.9 Å². The molecule has 0 fully saturated rings. The fourth-order valence-corrected chi connectivity index (χ4v) is 1.97. The molecule has 0 atom stereocenters. The Bertz CT molecular complexity index is 714. The van der Waals surface area contributed by atoms with Crippen LogP contribution in [0.1, 0.15) is 21.5 Å². The Balaban J connectivity index is 2.26. The van der Waals surface area contributed by atoms with Crippen molar-refractivity contribution < 1.29 is 10.0 Å². The first kappa shape index (κ1) is 14.9. The van der Waals surface area contributed by atoms with E-state index in [0.717, 1.165) is 5.56 Å². The molecule has 1 amide bonds. The van der Waals surface area contributed by atoms with Crippen molar-refractivity contribution in [2.75, 3.05) is 5.32 Å². The van der Waals surface area contributed by atoms with E-state index in [1.807, 2.05) is 13.0 Å². The molecule has 0 aliphatic heterocycles. The third kappa shape index (κ3) is 3.52. The van der Waals surface area contributed by atoms with Gasteiger partial charge in [-0.05, 0) is 36.8 Å². The third-order valence-corrected chi connectivity index (χ3v) is 3.21. The first-order valence-electron chi connectivity index (χ1n) is 6.16. The first-order valence-corrected chi connectivity index (χ1v) is 6.54. The SMILES string of the molecule is Cc1ccc(Cl)cc1NC(=O)c1cccc(/C(N)=N/O)c1. The first-order chi connectivity index (χ1) is 10.0. The van der Waals surface area contributed by atoms with E-state index >= 15 is 0 Å². The fraction of sp³-hybridized carbons (Fsp3) is 0.0667. The minimum Gasteiger partial charge on any atom is -0.409 e. The number of carbonyl (C=O) groups excluding carboxylic acids is 1. The van der Waals surface area contributed by atoms with Crippen molar-refractivity contribution in [3.8, 4) is 0 Å². The van der Waals surface area contributed by atoms with Crippen LogP contribution in [0, 0.1) is 6.92 Å². The van der Waals surface area contributed by atoms with E-state index in [9.17, 15) is 4.79 Å². The molecule has 0 heterocycles. The summed E-state index contributed by atoms with van der Waals surface area (Å²) in [6, 6.07) is 11.8. The number of hydrogen-bond donors (Lipinski definition) is 3. The molecular formula is C15H14ClN3O2. The lowest BCUT2D eigenvalue weighted by Gasteiger charge is -2.09. The highest BCUT2D eigenvalue weighted by molar-refractivity contribution is 6.31. The van der Waals surface area contributed by atoms with Gasteiger partial charge in [-0.15, -0.1) is 0 Å². The highest BCUT2D eigenvalue weighted by Gasteiger charge is 2.10. The molecule has 2 rings (SSSR count). The second kappa shape index (κ2) is 6.28. The van der Waals surface area contributed by atoms with Crippen LogP contribution >= 0.6 is 11.6 Å². The molecule has 6 heteroatoms. The molecule has 5 nitrogen and oxygen atoms in total. The zero-order valence-corrected chi connectivity index (χ0v) is 12.1. The predicted octanol–water partition coefficient (Wildman–Crippen LogP) is 3.00. The van der Waals surface area contributed by atoms with Crippen LogP contribution in [0.2, 0.25) is 5.02 Å². The Hall–Kier alpha value is -2.53. The van der Waals surface area contributed by atoms with Gasteiger partial charge in [0.15, 0.2) is 5.84 Å². The molecule has 0 aromatic heterocycles. The number of nitrogens with two attached hydrogens (primary N) is 1. The van der Waals surface area contributed by atoms with Crippen LogP contribution in [-0.4, -0.2) is 17.0 Å². The number of hydrogen-bond acceptors (Lipinski definition) is 3. The topological polar surface area (TPSA) is 87.7 Å². The Morgan fingerprint density at radius 3 is 2.67 bits per heavy atom. The van der Waals surface area contributed by atoms with Crippen LogP contribution in [0.15, 0.2) is 47.6 Å². The molecule has 4 N–H and O–H groups in total. The molecule has 0 saturated carbocycles. The average molecular weight is 304 g/mol. The van der Waals surface area contributed by atoms with Crippen molar-refractivity contribution in [2.45, 2.75) is 6.92 Å². The molecule has 108 valence electrons. The molecule has 0 bridgehead atoms. The number of oxime groups is 1. The molecule has 0 unspecified atom stereocenters. The summed E-state index contributed by atoms with van der Waals surface area (Å²) in [6.07, 6.45) is 0. The third-order valence-electron chi connectivity index (χ3n) is 2.98. The number of amidine groups is 1. The van der Waals surface area contributed by atoms with Gasteiger partial charge in [-0.3, -0.25) is 4.79 Å². The van der Waals surface area contributed by atoms with Gasteiger partial charge < -0.3 is 16.3 Å². The zero-order chi connectivity index (χ0) is 15.4. The highest BCUT2D eigenvalue weighted by Crippen LogP contribution is 2.21. The Morgan fingerprint density at radius 2 is 1.95 bits per heavy atom. The van der Waals surface area contributed by atoms with Crippen molar-refractivity contribution in [3.05, 3.63) is 64.2 Å². The lowest BCUT2D eigenvalue weighted by molar-refractivity contribution is 0.102. The molecule has 0 aliphatic rings. The maximum absolute atomic E-state index is 12.2. The lowest BCUT2D eigenvalue weighted by atomic mass is 10.1. The monoisotopic (exact) mass is 303 g/mol. The Kier molecular flexibility index (Phi) is 4.45. The Morgan fingerprint density at radius 1 is 1.24 bits per heavy atom. The summed E-state index contributed by atoms with van der Waals surface area (Å²) in [4.78, 5) is 12.2. The largest absolute Gasteiger partial charge is 0.409 e. The van der Waals surface area contributed by atoms with Crippen molar-refractivity contribution in [1.29, 1.82) is 0 Å². The molecule has 0 spiro atoms. The summed E-state index contributed by atoms with van der Waals surface area (Å²) in [5.41, 5.74) is 7.92. The van der Waals surface area contributed by atoms with Crippen LogP contribution in [0.3, 0.4) is 0 Å². The second-order valence-electron chi connectivity index (χ2n) is 4.48. The standard InChI is InChI=1S/C15H14ClN3O2/c1-9-5-6-12(16)8-13(9)18-15(20)11-4-2-3-10(7-11)14(17)19-21/h2-8,21H,1H3,(H2,17,19)(H,18,20). The van der Waals surface area contributed by atoms with E-state index in [-0.39, 0.29) is 11.7 Å².